The summed E-state index contributed by atoms with van der Waals surface area (Å²) in [6.45, 7) is 4.18. The summed E-state index contributed by atoms with van der Waals surface area (Å²) in [5, 5.41) is 9.61. The van der Waals surface area contributed by atoms with E-state index >= 15 is 0 Å². The molecule has 0 saturated heterocycles. The number of allylic oxidation sites excluding steroid dienone is 2. The van der Waals surface area contributed by atoms with E-state index in [-0.39, 0.29) is 25.2 Å². The Morgan fingerprint density at radius 1 is 0.400 bits per heavy atom. The molecule has 1 atom stereocenters. The molecule has 1 N–H and O–H groups in total. The van der Waals surface area contributed by atoms with Gasteiger partial charge in [-0.25, -0.2) is 0 Å². The fraction of sp³-hybridized carbons (Fsp3) is 0.920. The maximum Gasteiger partial charge on any atom is 0.306 e. The fourth-order valence-electron chi connectivity index (χ4n) is 7.55. The molecule has 0 saturated carbocycles. The molecular formula is C50H96O5. The summed E-state index contributed by atoms with van der Waals surface area (Å²) in [5.41, 5.74) is 0. The van der Waals surface area contributed by atoms with Gasteiger partial charge >= 0.3 is 11.9 Å². The Hall–Kier alpha value is -1.36. The summed E-state index contributed by atoms with van der Waals surface area (Å²) < 4.78 is 10.7. The Bertz CT molecular complexity index is 795. The number of hydrogen-bond donors (Lipinski definition) is 1. The molecule has 326 valence electrons. The van der Waals surface area contributed by atoms with E-state index in [4.69, 9.17) is 9.47 Å². The van der Waals surface area contributed by atoms with Crippen molar-refractivity contribution < 1.29 is 24.2 Å². The first-order valence-electron chi connectivity index (χ1n) is 24.7. The van der Waals surface area contributed by atoms with E-state index in [1.54, 1.807) is 0 Å². The molecule has 0 aromatic heterocycles. The first-order valence-corrected chi connectivity index (χ1v) is 24.7. The minimum Gasteiger partial charge on any atom is -0.462 e. The van der Waals surface area contributed by atoms with Crippen molar-refractivity contribution in [1.29, 1.82) is 0 Å². The van der Waals surface area contributed by atoms with Crippen LogP contribution in [-0.4, -0.2) is 36.4 Å². The summed E-state index contributed by atoms with van der Waals surface area (Å²) in [6.07, 6.45) is 55.9. The molecule has 0 unspecified atom stereocenters. The molecule has 0 radical (unpaired) electrons. The van der Waals surface area contributed by atoms with Crippen LogP contribution in [0.25, 0.3) is 0 Å². The van der Waals surface area contributed by atoms with Gasteiger partial charge in [0.2, 0.25) is 0 Å². The molecular weight excluding hydrogens is 681 g/mol. The largest absolute Gasteiger partial charge is 0.462 e. The van der Waals surface area contributed by atoms with Gasteiger partial charge in [-0.2, -0.15) is 0 Å². The lowest BCUT2D eigenvalue weighted by Crippen LogP contribution is -2.28. The molecule has 0 bridgehead atoms. The molecule has 0 amide bonds. The van der Waals surface area contributed by atoms with Crippen LogP contribution < -0.4 is 0 Å². The van der Waals surface area contributed by atoms with Crippen molar-refractivity contribution in [2.45, 2.75) is 283 Å². The van der Waals surface area contributed by atoms with Gasteiger partial charge in [0, 0.05) is 12.8 Å². The first kappa shape index (κ1) is 53.6. The molecule has 0 heterocycles. The van der Waals surface area contributed by atoms with Crippen molar-refractivity contribution in [3.63, 3.8) is 0 Å². The smallest absolute Gasteiger partial charge is 0.306 e. The molecule has 0 fully saturated rings. The summed E-state index contributed by atoms with van der Waals surface area (Å²) in [7, 11) is 0. The van der Waals surface area contributed by atoms with Gasteiger partial charge in [0.25, 0.3) is 0 Å². The van der Waals surface area contributed by atoms with E-state index < -0.39 is 6.10 Å². The van der Waals surface area contributed by atoms with Gasteiger partial charge in [0.1, 0.15) is 6.61 Å². The number of aliphatic hydroxyl groups excluding tert-OH is 1. The van der Waals surface area contributed by atoms with Crippen LogP contribution in [-0.2, 0) is 19.1 Å². The van der Waals surface area contributed by atoms with E-state index in [1.807, 2.05) is 0 Å². The average molecular weight is 777 g/mol. The van der Waals surface area contributed by atoms with Crippen LogP contribution in [0.1, 0.15) is 277 Å². The number of carbonyl (C=O) groups is 2. The van der Waals surface area contributed by atoms with Gasteiger partial charge in [-0.1, -0.05) is 238 Å². The highest BCUT2D eigenvalue weighted by molar-refractivity contribution is 5.70. The summed E-state index contributed by atoms with van der Waals surface area (Å²) in [6, 6.07) is 0. The second-order valence-corrected chi connectivity index (χ2v) is 16.9. The van der Waals surface area contributed by atoms with Crippen molar-refractivity contribution >= 4 is 11.9 Å². The monoisotopic (exact) mass is 777 g/mol. The zero-order valence-corrected chi connectivity index (χ0v) is 37.2. The Labute approximate surface area is 343 Å². The quantitative estimate of drug-likeness (QED) is 0.0379. The van der Waals surface area contributed by atoms with Crippen molar-refractivity contribution in [3.8, 4) is 0 Å². The Kier molecular flexibility index (Phi) is 45.9. The highest BCUT2D eigenvalue weighted by atomic mass is 16.6. The maximum absolute atomic E-state index is 12.2. The normalized spacial score (nSPS) is 12.1. The van der Waals surface area contributed by atoms with E-state index in [0.29, 0.717) is 12.8 Å². The number of rotatable bonds is 46. The number of aliphatic hydroxyl groups is 1. The van der Waals surface area contributed by atoms with Gasteiger partial charge in [-0.15, -0.1) is 0 Å². The van der Waals surface area contributed by atoms with Gasteiger partial charge in [0.15, 0.2) is 6.10 Å². The van der Waals surface area contributed by atoms with Crippen LogP contribution in [0.15, 0.2) is 12.2 Å². The molecule has 0 aromatic rings. The highest BCUT2D eigenvalue weighted by Gasteiger charge is 2.16. The number of esters is 2. The zero-order chi connectivity index (χ0) is 40.0. The van der Waals surface area contributed by atoms with Crippen molar-refractivity contribution in [2.75, 3.05) is 13.2 Å². The minimum atomic E-state index is -0.767. The third-order valence-electron chi connectivity index (χ3n) is 11.3. The molecule has 0 aliphatic rings. The van der Waals surface area contributed by atoms with Gasteiger partial charge in [-0.05, 0) is 38.5 Å². The molecule has 0 rings (SSSR count). The number of unbranched alkanes of at least 4 members (excludes halogenated alkanes) is 36. The second kappa shape index (κ2) is 47.0. The number of ether oxygens (including phenoxy) is 2. The van der Waals surface area contributed by atoms with E-state index in [1.165, 1.54) is 218 Å². The molecule has 5 heteroatoms. The fourth-order valence-corrected chi connectivity index (χ4v) is 7.55. The second-order valence-electron chi connectivity index (χ2n) is 16.9. The van der Waals surface area contributed by atoms with Crippen molar-refractivity contribution in [3.05, 3.63) is 12.2 Å². The van der Waals surface area contributed by atoms with Gasteiger partial charge in [-0.3, -0.25) is 9.59 Å². The number of carbonyl (C=O) groups excluding carboxylic acids is 2. The van der Waals surface area contributed by atoms with Gasteiger partial charge in [0.05, 0.1) is 6.61 Å². The third-order valence-corrected chi connectivity index (χ3v) is 11.3. The lowest BCUT2D eigenvalue weighted by Gasteiger charge is -2.15. The standard InChI is InChI=1S/C50H96O5/c1-3-5-7-9-11-13-15-17-19-21-23-24-25-27-28-30-32-34-36-38-40-42-44-49(52)54-47-48(46-51)55-50(53)45-43-41-39-37-35-33-31-29-26-22-20-18-16-14-12-10-8-6-4-2/h18,20,48,51H,3-17,19,21-47H2,1-2H3/b20-18+/t48-/m0/s1. The average Bonchev–Trinajstić information content (AvgIpc) is 3.19. The minimum absolute atomic E-state index is 0.0597. The molecule has 0 aliphatic carbocycles. The number of hydrogen-bond acceptors (Lipinski definition) is 5. The summed E-state index contributed by atoms with van der Waals surface area (Å²) in [4.78, 5) is 24.4. The van der Waals surface area contributed by atoms with E-state index in [0.717, 1.165) is 32.1 Å². The molecule has 55 heavy (non-hydrogen) atoms. The van der Waals surface area contributed by atoms with Crippen molar-refractivity contribution in [2.24, 2.45) is 0 Å². The molecule has 0 aromatic carbocycles. The first-order chi connectivity index (χ1) is 27.1. The maximum atomic E-state index is 12.2. The van der Waals surface area contributed by atoms with E-state index in [2.05, 4.69) is 26.0 Å². The van der Waals surface area contributed by atoms with Crippen LogP contribution in [0.2, 0.25) is 0 Å². The topological polar surface area (TPSA) is 72.8 Å². The predicted molar refractivity (Wildman–Crippen MR) is 238 cm³/mol. The Morgan fingerprint density at radius 2 is 0.673 bits per heavy atom. The van der Waals surface area contributed by atoms with Crippen LogP contribution in [0.3, 0.4) is 0 Å². The van der Waals surface area contributed by atoms with E-state index in [9.17, 15) is 14.7 Å². The van der Waals surface area contributed by atoms with Crippen LogP contribution in [0, 0.1) is 0 Å². The van der Waals surface area contributed by atoms with Crippen LogP contribution in [0.4, 0.5) is 0 Å². The third kappa shape index (κ3) is 45.2. The highest BCUT2D eigenvalue weighted by Crippen LogP contribution is 2.17. The van der Waals surface area contributed by atoms with Crippen LogP contribution >= 0.6 is 0 Å². The molecule has 0 spiro atoms. The predicted octanol–water partition coefficient (Wildman–Crippen LogP) is 16.0. The van der Waals surface area contributed by atoms with Gasteiger partial charge < -0.3 is 14.6 Å². The summed E-state index contributed by atoms with van der Waals surface area (Å²) >= 11 is 0. The zero-order valence-electron chi connectivity index (χ0n) is 37.2. The van der Waals surface area contributed by atoms with Crippen molar-refractivity contribution in [1.82, 2.24) is 0 Å². The lowest BCUT2D eigenvalue weighted by molar-refractivity contribution is -0.161. The Morgan fingerprint density at radius 3 is 0.982 bits per heavy atom. The molecule has 5 nitrogen and oxygen atoms in total. The molecule has 0 aliphatic heterocycles. The Balaban J connectivity index is 3.45. The SMILES string of the molecule is CCCCCCCC/C=C/CCCCCCCCCCCC(=O)O[C@@H](CO)COC(=O)CCCCCCCCCCCCCCCCCCCCCCCC. The lowest BCUT2D eigenvalue weighted by atomic mass is 10.0. The van der Waals surface area contributed by atoms with Crippen LogP contribution in [0.5, 0.6) is 0 Å². The summed E-state index contributed by atoms with van der Waals surface area (Å²) in [5.74, 6) is -0.575.